The molecule has 1 aromatic rings. The SMILES string of the molecule is CC(C)CC(/N=C/c1ccccn1)C(=O)O. The standard InChI is InChI=1S/C12H16N2O2/c1-9(2)7-11(12(15)16)14-8-10-5-3-4-6-13-10/h3-6,8-9,11H,7H2,1-2H3,(H,15,16)/b14-8+. The van der Waals surface area contributed by atoms with Gasteiger partial charge in [-0.2, -0.15) is 0 Å². The molecule has 0 fully saturated rings. The predicted molar refractivity (Wildman–Crippen MR) is 62.7 cm³/mol. The molecule has 0 amide bonds. The van der Waals surface area contributed by atoms with E-state index in [4.69, 9.17) is 5.11 Å². The summed E-state index contributed by atoms with van der Waals surface area (Å²) in [6, 6.07) is 4.76. The molecule has 16 heavy (non-hydrogen) atoms. The van der Waals surface area contributed by atoms with E-state index in [0.717, 1.165) is 0 Å². The smallest absolute Gasteiger partial charge is 0.328 e. The number of carbonyl (C=O) groups is 1. The van der Waals surface area contributed by atoms with Crippen molar-refractivity contribution >= 4 is 12.2 Å². The maximum Gasteiger partial charge on any atom is 0.328 e. The molecule has 1 aromatic heterocycles. The molecule has 1 rings (SSSR count). The highest BCUT2D eigenvalue weighted by Crippen LogP contribution is 2.08. The number of rotatable bonds is 5. The number of hydrogen-bond donors (Lipinski definition) is 1. The first-order chi connectivity index (χ1) is 7.59. The van der Waals surface area contributed by atoms with Crippen molar-refractivity contribution in [1.29, 1.82) is 0 Å². The molecular formula is C12H16N2O2. The monoisotopic (exact) mass is 220 g/mol. The minimum absolute atomic E-state index is 0.307. The summed E-state index contributed by atoms with van der Waals surface area (Å²) in [6.45, 7) is 3.96. The summed E-state index contributed by atoms with van der Waals surface area (Å²) in [5.41, 5.74) is 0.678. The maximum absolute atomic E-state index is 10.9. The number of aliphatic carboxylic acids is 1. The highest BCUT2D eigenvalue weighted by Gasteiger charge is 2.16. The van der Waals surface area contributed by atoms with Crippen LogP contribution in [-0.2, 0) is 4.79 Å². The zero-order valence-electron chi connectivity index (χ0n) is 9.50. The molecule has 1 heterocycles. The van der Waals surface area contributed by atoms with Crippen LogP contribution in [0.4, 0.5) is 0 Å². The van der Waals surface area contributed by atoms with Gasteiger partial charge in [-0.25, -0.2) is 4.79 Å². The van der Waals surface area contributed by atoms with Crippen molar-refractivity contribution in [2.45, 2.75) is 26.3 Å². The lowest BCUT2D eigenvalue weighted by atomic mass is 10.0. The van der Waals surface area contributed by atoms with E-state index in [0.29, 0.717) is 18.0 Å². The predicted octanol–water partition coefficient (Wildman–Crippen LogP) is 2.00. The van der Waals surface area contributed by atoms with Crippen molar-refractivity contribution in [2.24, 2.45) is 10.9 Å². The van der Waals surface area contributed by atoms with Gasteiger partial charge in [0.15, 0.2) is 0 Å². The lowest BCUT2D eigenvalue weighted by Gasteiger charge is -2.09. The molecule has 0 radical (unpaired) electrons. The first-order valence-electron chi connectivity index (χ1n) is 5.26. The van der Waals surface area contributed by atoms with Crippen molar-refractivity contribution in [1.82, 2.24) is 4.98 Å². The molecule has 1 atom stereocenters. The molecule has 86 valence electrons. The number of carboxylic acid groups (broad SMARTS) is 1. The Morgan fingerprint density at radius 3 is 2.81 bits per heavy atom. The van der Waals surface area contributed by atoms with Crippen LogP contribution < -0.4 is 0 Å². The van der Waals surface area contributed by atoms with Gasteiger partial charge in [0.2, 0.25) is 0 Å². The average Bonchev–Trinajstić information content (AvgIpc) is 2.25. The molecule has 4 heteroatoms. The molecule has 4 nitrogen and oxygen atoms in total. The molecule has 1 unspecified atom stereocenters. The summed E-state index contributed by atoms with van der Waals surface area (Å²) in [7, 11) is 0. The van der Waals surface area contributed by atoms with E-state index < -0.39 is 12.0 Å². The van der Waals surface area contributed by atoms with Crippen LogP contribution in [0.1, 0.15) is 26.0 Å². The van der Waals surface area contributed by atoms with E-state index >= 15 is 0 Å². The third kappa shape index (κ3) is 4.21. The van der Waals surface area contributed by atoms with E-state index in [9.17, 15) is 4.79 Å². The van der Waals surface area contributed by atoms with Gasteiger partial charge in [-0.3, -0.25) is 9.98 Å². The van der Waals surface area contributed by atoms with Crippen molar-refractivity contribution < 1.29 is 9.90 Å². The van der Waals surface area contributed by atoms with Crippen LogP contribution in [0, 0.1) is 5.92 Å². The second kappa shape index (κ2) is 6.00. The molecule has 0 aliphatic carbocycles. The van der Waals surface area contributed by atoms with Gasteiger partial charge in [-0.1, -0.05) is 19.9 Å². The fourth-order valence-electron chi connectivity index (χ4n) is 1.29. The summed E-state index contributed by atoms with van der Waals surface area (Å²) in [6.07, 6.45) is 3.71. The van der Waals surface area contributed by atoms with Crippen molar-refractivity contribution in [2.75, 3.05) is 0 Å². The molecule has 0 bridgehead atoms. The van der Waals surface area contributed by atoms with Gasteiger partial charge in [0.05, 0.1) is 5.69 Å². The number of aromatic nitrogens is 1. The fraction of sp³-hybridized carbons (Fsp3) is 0.417. The van der Waals surface area contributed by atoms with Crippen LogP contribution in [0.5, 0.6) is 0 Å². The molecule has 1 N–H and O–H groups in total. The largest absolute Gasteiger partial charge is 0.480 e. The maximum atomic E-state index is 10.9. The van der Waals surface area contributed by atoms with Gasteiger partial charge in [-0.15, -0.1) is 0 Å². The van der Waals surface area contributed by atoms with Crippen molar-refractivity contribution in [3.05, 3.63) is 30.1 Å². The minimum atomic E-state index is -0.888. The molecule has 0 spiro atoms. The van der Waals surface area contributed by atoms with E-state index in [1.165, 1.54) is 6.21 Å². The van der Waals surface area contributed by atoms with Crippen LogP contribution in [0.3, 0.4) is 0 Å². The van der Waals surface area contributed by atoms with Gasteiger partial charge in [0.25, 0.3) is 0 Å². The Kier molecular flexibility index (Phi) is 4.64. The Morgan fingerprint density at radius 1 is 1.56 bits per heavy atom. The van der Waals surface area contributed by atoms with E-state index in [1.54, 1.807) is 18.3 Å². The Morgan fingerprint density at radius 2 is 2.31 bits per heavy atom. The molecule has 0 saturated carbocycles. The number of hydrogen-bond acceptors (Lipinski definition) is 3. The molecule has 0 aliphatic heterocycles. The first-order valence-corrected chi connectivity index (χ1v) is 5.26. The summed E-state index contributed by atoms with van der Waals surface area (Å²) in [5.74, 6) is -0.581. The number of carboxylic acids is 1. The lowest BCUT2D eigenvalue weighted by molar-refractivity contribution is -0.138. The Balaban J connectivity index is 2.68. The van der Waals surface area contributed by atoms with Crippen LogP contribution >= 0.6 is 0 Å². The lowest BCUT2D eigenvalue weighted by Crippen LogP contribution is -2.20. The van der Waals surface area contributed by atoms with Crippen LogP contribution in [0.15, 0.2) is 29.4 Å². The van der Waals surface area contributed by atoms with Crippen LogP contribution in [-0.4, -0.2) is 28.3 Å². The second-order valence-corrected chi connectivity index (χ2v) is 4.02. The molecule has 0 aliphatic rings. The Bertz CT molecular complexity index is 361. The summed E-state index contributed by atoms with van der Waals surface area (Å²) >= 11 is 0. The van der Waals surface area contributed by atoms with Gasteiger partial charge in [-0.05, 0) is 24.5 Å². The molecule has 0 aromatic carbocycles. The van der Waals surface area contributed by atoms with Crippen LogP contribution in [0.25, 0.3) is 0 Å². The highest BCUT2D eigenvalue weighted by atomic mass is 16.4. The summed E-state index contributed by atoms with van der Waals surface area (Å²) in [4.78, 5) is 19.0. The third-order valence-electron chi connectivity index (χ3n) is 2.05. The van der Waals surface area contributed by atoms with Crippen LogP contribution in [0.2, 0.25) is 0 Å². The van der Waals surface area contributed by atoms with Gasteiger partial charge >= 0.3 is 5.97 Å². The number of aliphatic imine (C=N–C) groups is 1. The second-order valence-electron chi connectivity index (χ2n) is 4.02. The third-order valence-corrected chi connectivity index (χ3v) is 2.05. The number of pyridine rings is 1. The quantitative estimate of drug-likeness (QED) is 0.772. The first kappa shape index (κ1) is 12.4. The Hall–Kier alpha value is -1.71. The minimum Gasteiger partial charge on any atom is -0.480 e. The van der Waals surface area contributed by atoms with E-state index in [2.05, 4.69) is 9.98 Å². The van der Waals surface area contributed by atoms with Crippen molar-refractivity contribution in [3.8, 4) is 0 Å². The van der Waals surface area contributed by atoms with E-state index in [-0.39, 0.29) is 0 Å². The zero-order valence-corrected chi connectivity index (χ0v) is 9.50. The van der Waals surface area contributed by atoms with Gasteiger partial charge in [0, 0.05) is 12.4 Å². The average molecular weight is 220 g/mol. The fourth-order valence-corrected chi connectivity index (χ4v) is 1.29. The molecule has 0 saturated heterocycles. The summed E-state index contributed by atoms with van der Waals surface area (Å²) < 4.78 is 0. The topological polar surface area (TPSA) is 62.5 Å². The summed E-state index contributed by atoms with van der Waals surface area (Å²) in [5, 5.41) is 8.97. The van der Waals surface area contributed by atoms with Gasteiger partial charge < -0.3 is 5.11 Å². The van der Waals surface area contributed by atoms with Gasteiger partial charge in [0.1, 0.15) is 6.04 Å². The zero-order chi connectivity index (χ0) is 12.0. The molecular weight excluding hydrogens is 204 g/mol. The Labute approximate surface area is 95.1 Å². The van der Waals surface area contributed by atoms with E-state index in [1.807, 2.05) is 19.9 Å². The normalized spacial score (nSPS) is 13.2. The van der Waals surface area contributed by atoms with Crippen molar-refractivity contribution in [3.63, 3.8) is 0 Å². The number of nitrogens with zero attached hydrogens (tertiary/aromatic N) is 2. The highest BCUT2D eigenvalue weighted by molar-refractivity contribution is 5.81.